The van der Waals surface area contributed by atoms with Gasteiger partial charge in [0.15, 0.2) is 10.1 Å². The number of hydrogen-bond acceptors (Lipinski definition) is 11. The molecule has 2 aliphatic rings. The normalized spacial score (nSPS) is 18.1. The summed E-state index contributed by atoms with van der Waals surface area (Å²) in [5.41, 5.74) is 9.24. The van der Waals surface area contributed by atoms with Gasteiger partial charge < -0.3 is 16.4 Å². The summed E-state index contributed by atoms with van der Waals surface area (Å²) in [6, 6.07) is 12.9. The molecule has 10 nitrogen and oxygen atoms in total. The number of hydrogen-bond donors (Lipinski definition) is 3. The van der Waals surface area contributed by atoms with E-state index in [2.05, 4.69) is 26.9 Å². The molecule has 0 saturated heterocycles. The van der Waals surface area contributed by atoms with E-state index in [9.17, 15) is 19.6 Å². The third-order valence-corrected chi connectivity index (χ3v) is 9.59. The van der Waals surface area contributed by atoms with E-state index in [-0.39, 0.29) is 34.6 Å². The molecule has 3 aromatic rings. The van der Waals surface area contributed by atoms with Crippen molar-refractivity contribution in [2.75, 3.05) is 21.3 Å². The quantitative estimate of drug-likeness (QED) is 0.307. The van der Waals surface area contributed by atoms with Crippen molar-refractivity contribution >= 4 is 68.5 Å². The van der Waals surface area contributed by atoms with Crippen molar-refractivity contribution in [3.05, 3.63) is 69.3 Å². The van der Waals surface area contributed by atoms with Crippen LogP contribution in [0.5, 0.6) is 0 Å². The van der Waals surface area contributed by atoms with Gasteiger partial charge in [-0.3, -0.25) is 19.3 Å². The van der Waals surface area contributed by atoms with E-state index >= 15 is 0 Å². The zero-order chi connectivity index (χ0) is 29.3. The molecule has 41 heavy (non-hydrogen) atoms. The lowest BCUT2D eigenvalue weighted by atomic mass is 9.70. The highest BCUT2D eigenvalue weighted by Gasteiger charge is 2.45. The second kappa shape index (κ2) is 11.5. The molecule has 4 N–H and O–H groups in total. The number of carbonyl (C=O) groups is 3. The summed E-state index contributed by atoms with van der Waals surface area (Å²) in [5.74, 6) is -0.575. The number of nitrogens with one attached hydrogen (secondary N) is 2. The maximum Gasteiger partial charge on any atom is 0.234 e. The molecule has 13 heteroatoms. The van der Waals surface area contributed by atoms with Crippen molar-refractivity contribution in [1.29, 1.82) is 5.26 Å². The van der Waals surface area contributed by atoms with Crippen LogP contribution in [0.3, 0.4) is 0 Å². The van der Waals surface area contributed by atoms with Gasteiger partial charge in [-0.2, -0.15) is 5.26 Å². The molecule has 0 bridgehead atoms. The van der Waals surface area contributed by atoms with Gasteiger partial charge in [-0.05, 0) is 47.5 Å². The van der Waals surface area contributed by atoms with Crippen LogP contribution in [0.25, 0.3) is 0 Å². The first-order valence-electron chi connectivity index (χ1n) is 12.7. The van der Waals surface area contributed by atoms with Crippen molar-refractivity contribution in [3.63, 3.8) is 0 Å². The number of anilines is 3. The Hall–Kier alpha value is -3.99. The van der Waals surface area contributed by atoms with Gasteiger partial charge >= 0.3 is 0 Å². The first-order chi connectivity index (χ1) is 19.6. The molecular formula is C28H27N7O3S3. The maximum absolute atomic E-state index is 13.5. The SMILES string of the molecule is CC(=O)Nc1ccc(NC(=O)CSc2nnc(N3C(N)=C(C#N)C(c4cccs4)C4=C3CC(C)(C)CC4=O)s2)cc1. The number of Topliss-reactive ketones (excluding diaryl/α,β-unsaturated/α-hetero) is 1. The Morgan fingerprint density at radius 1 is 1.17 bits per heavy atom. The van der Waals surface area contributed by atoms with E-state index in [0.717, 1.165) is 10.6 Å². The van der Waals surface area contributed by atoms with Crippen molar-refractivity contribution < 1.29 is 14.4 Å². The van der Waals surface area contributed by atoms with Gasteiger partial charge in [-0.25, -0.2) is 0 Å². The Morgan fingerprint density at radius 2 is 1.88 bits per heavy atom. The Kier molecular flexibility index (Phi) is 7.99. The van der Waals surface area contributed by atoms with Crippen LogP contribution >= 0.6 is 34.4 Å². The van der Waals surface area contributed by atoms with Crippen LogP contribution < -0.4 is 21.3 Å². The number of aromatic nitrogens is 2. The van der Waals surface area contributed by atoms with Gasteiger partial charge in [0.05, 0.1) is 23.3 Å². The molecule has 1 aromatic carbocycles. The highest BCUT2D eigenvalue weighted by Crippen LogP contribution is 2.51. The molecule has 5 rings (SSSR count). The van der Waals surface area contributed by atoms with E-state index in [1.54, 1.807) is 29.2 Å². The molecule has 1 aliphatic carbocycles. The molecule has 0 spiro atoms. The number of nitriles is 1. The van der Waals surface area contributed by atoms with Gasteiger partial charge in [0.25, 0.3) is 0 Å². The number of allylic oxidation sites excluding steroid dienone is 3. The largest absolute Gasteiger partial charge is 0.384 e. The number of nitrogens with two attached hydrogens (primary N) is 1. The predicted molar refractivity (Wildman–Crippen MR) is 161 cm³/mol. The van der Waals surface area contributed by atoms with Crippen molar-refractivity contribution in [3.8, 4) is 6.07 Å². The third-order valence-electron chi connectivity index (χ3n) is 6.61. The number of thiophene rings is 1. The van der Waals surface area contributed by atoms with E-state index in [1.165, 1.54) is 41.4 Å². The van der Waals surface area contributed by atoms with Crippen LogP contribution in [0, 0.1) is 16.7 Å². The standard InChI is InChI=1S/C28H27N7O3S3/c1-15(36)31-16-6-8-17(9-7-16)32-22(38)14-40-27-34-33-26(41-27)35-19-11-28(2,3)12-20(37)24(19)23(18(13-29)25(35)30)21-5-4-10-39-21/h4-10,23H,11-12,14,30H2,1-3H3,(H,31,36)(H,32,38). The van der Waals surface area contributed by atoms with E-state index < -0.39 is 5.92 Å². The smallest absolute Gasteiger partial charge is 0.234 e. The van der Waals surface area contributed by atoms with Crippen molar-refractivity contribution in [1.82, 2.24) is 10.2 Å². The van der Waals surface area contributed by atoms with Crippen LogP contribution in [-0.2, 0) is 14.4 Å². The molecule has 2 aromatic heterocycles. The highest BCUT2D eigenvalue weighted by atomic mass is 32.2. The molecule has 2 amide bonds. The average molecular weight is 606 g/mol. The molecular weight excluding hydrogens is 579 g/mol. The van der Waals surface area contributed by atoms with Crippen LogP contribution in [0.15, 0.2) is 68.8 Å². The number of nitrogens with zero attached hydrogens (tertiary/aromatic N) is 4. The van der Waals surface area contributed by atoms with Crippen LogP contribution in [-0.4, -0.2) is 33.5 Å². The first-order valence-corrected chi connectivity index (χ1v) is 15.4. The predicted octanol–water partition coefficient (Wildman–Crippen LogP) is 5.23. The van der Waals surface area contributed by atoms with Crippen molar-refractivity contribution in [2.24, 2.45) is 11.1 Å². The molecule has 1 unspecified atom stereocenters. The van der Waals surface area contributed by atoms with Gasteiger partial charge in [0.1, 0.15) is 5.82 Å². The molecule has 210 valence electrons. The summed E-state index contributed by atoms with van der Waals surface area (Å²) in [5, 5.41) is 26.6. The fourth-order valence-corrected chi connectivity index (χ4v) is 7.51. The van der Waals surface area contributed by atoms with Gasteiger partial charge in [-0.15, -0.1) is 21.5 Å². The average Bonchev–Trinajstić information content (AvgIpc) is 3.60. The van der Waals surface area contributed by atoms with Gasteiger partial charge in [0.2, 0.25) is 16.9 Å². The fourth-order valence-electron chi connectivity index (χ4n) is 4.98. The van der Waals surface area contributed by atoms with Crippen LogP contribution in [0.2, 0.25) is 0 Å². The van der Waals surface area contributed by atoms with E-state index in [1.807, 2.05) is 31.4 Å². The molecule has 0 saturated carbocycles. The summed E-state index contributed by atoms with van der Waals surface area (Å²) < 4.78 is 0.548. The summed E-state index contributed by atoms with van der Waals surface area (Å²) >= 11 is 3.97. The molecule has 1 aliphatic heterocycles. The number of thioether (sulfide) groups is 1. The highest BCUT2D eigenvalue weighted by molar-refractivity contribution is 8.01. The second-order valence-electron chi connectivity index (χ2n) is 10.4. The topological polar surface area (TPSA) is 154 Å². The van der Waals surface area contributed by atoms with Gasteiger partial charge in [-0.1, -0.05) is 43.0 Å². The minimum Gasteiger partial charge on any atom is -0.384 e. The number of amides is 2. The van der Waals surface area contributed by atoms with E-state index in [4.69, 9.17) is 5.73 Å². The third kappa shape index (κ3) is 6.04. The molecule has 3 heterocycles. The number of rotatable bonds is 7. The van der Waals surface area contributed by atoms with E-state index in [0.29, 0.717) is 44.8 Å². The monoisotopic (exact) mass is 605 g/mol. The lowest BCUT2D eigenvalue weighted by Crippen LogP contribution is -2.42. The fraction of sp³-hybridized carbons (Fsp3) is 0.286. The molecule has 1 atom stereocenters. The lowest BCUT2D eigenvalue weighted by Gasteiger charge is -2.42. The number of benzene rings is 1. The zero-order valence-corrected chi connectivity index (χ0v) is 25.0. The lowest BCUT2D eigenvalue weighted by molar-refractivity contribution is -0.118. The minimum atomic E-state index is -0.507. The Labute approximate surface area is 249 Å². The van der Waals surface area contributed by atoms with Crippen molar-refractivity contribution in [2.45, 2.75) is 43.9 Å². The molecule has 0 radical (unpaired) electrons. The Morgan fingerprint density at radius 3 is 2.51 bits per heavy atom. The minimum absolute atomic E-state index is 0.000734. The summed E-state index contributed by atoms with van der Waals surface area (Å²) in [6.07, 6.45) is 0.961. The van der Waals surface area contributed by atoms with Crippen LogP contribution in [0.1, 0.15) is 44.4 Å². The summed E-state index contributed by atoms with van der Waals surface area (Å²) in [4.78, 5) is 39.9. The second-order valence-corrected chi connectivity index (χ2v) is 13.6. The Balaban J connectivity index is 1.37. The number of carbonyl (C=O) groups excluding carboxylic acids is 3. The summed E-state index contributed by atoms with van der Waals surface area (Å²) in [6.45, 7) is 5.51. The first kappa shape index (κ1) is 28.5. The Bertz CT molecular complexity index is 1620. The zero-order valence-electron chi connectivity index (χ0n) is 22.6. The summed E-state index contributed by atoms with van der Waals surface area (Å²) in [7, 11) is 0. The van der Waals surface area contributed by atoms with Gasteiger partial charge in [0, 0.05) is 40.9 Å². The molecule has 0 fully saturated rings. The van der Waals surface area contributed by atoms with Crippen LogP contribution in [0.4, 0.5) is 16.5 Å². The maximum atomic E-state index is 13.5. The number of ketones is 1.